The molecule has 1 N–H and O–H groups in total. The number of hydrogen-bond donors (Lipinski definition) is 1. The molecule has 0 radical (unpaired) electrons. The van der Waals surface area contributed by atoms with Crippen molar-refractivity contribution in [3.8, 4) is 5.75 Å². The van der Waals surface area contributed by atoms with Crippen LogP contribution in [0.5, 0.6) is 5.75 Å². The van der Waals surface area contributed by atoms with E-state index in [4.69, 9.17) is 14.2 Å². The van der Waals surface area contributed by atoms with Crippen molar-refractivity contribution in [3.05, 3.63) is 88.3 Å². The quantitative estimate of drug-likeness (QED) is 0.247. The molecule has 1 heterocycles. The van der Waals surface area contributed by atoms with E-state index in [1.165, 1.54) is 7.11 Å². The summed E-state index contributed by atoms with van der Waals surface area (Å²) in [6.07, 6.45) is 0.481. The van der Waals surface area contributed by atoms with Gasteiger partial charge in [0, 0.05) is 28.6 Å². The van der Waals surface area contributed by atoms with Crippen molar-refractivity contribution in [2.45, 2.75) is 39.7 Å². The molecule has 1 aliphatic carbocycles. The lowest BCUT2D eigenvalue weighted by Gasteiger charge is -2.38. The number of hydrogen-bond acceptors (Lipinski definition) is 8. The summed E-state index contributed by atoms with van der Waals surface area (Å²) >= 11 is 1.68. The van der Waals surface area contributed by atoms with Gasteiger partial charge in [-0.25, -0.2) is 4.79 Å². The van der Waals surface area contributed by atoms with Crippen LogP contribution in [0.4, 0.5) is 0 Å². The van der Waals surface area contributed by atoms with Gasteiger partial charge in [0.05, 0.1) is 12.7 Å². The van der Waals surface area contributed by atoms with E-state index in [2.05, 4.69) is 12.2 Å². The van der Waals surface area contributed by atoms with E-state index >= 15 is 0 Å². The van der Waals surface area contributed by atoms with Gasteiger partial charge in [-0.3, -0.25) is 9.59 Å². The van der Waals surface area contributed by atoms with Gasteiger partial charge in [-0.05, 0) is 48.3 Å². The second-order valence-corrected chi connectivity index (χ2v) is 11.1. The Bertz CT molecular complexity index is 1280. The molecule has 7 nitrogen and oxygen atoms in total. The maximum absolute atomic E-state index is 13.9. The van der Waals surface area contributed by atoms with E-state index in [0.717, 1.165) is 22.6 Å². The van der Waals surface area contributed by atoms with Gasteiger partial charge in [0.15, 0.2) is 5.78 Å². The molecule has 8 heteroatoms. The van der Waals surface area contributed by atoms with Crippen LogP contribution in [-0.4, -0.2) is 42.9 Å². The molecule has 0 aromatic heterocycles. The molecule has 1 aliphatic heterocycles. The number of thioether (sulfide) groups is 1. The van der Waals surface area contributed by atoms with Crippen LogP contribution in [0.2, 0.25) is 0 Å². The lowest BCUT2D eigenvalue weighted by molar-refractivity contribution is -0.151. The maximum atomic E-state index is 13.9. The molecule has 0 saturated heterocycles. The molecule has 0 spiro atoms. The Morgan fingerprint density at radius 2 is 1.87 bits per heavy atom. The number of nitrogens with one attached hydrogen (secondary N) is 1. The van der Waals surface area contributed by atoms with Crippen LogP contribution in [0.25, 0.3) is 0 Å². The molecule has 0 fully saturated rings. The van der Waals surface area contributed by atoms with Crippen molar-refractivity contribution in [1.29, 1.82) is 0 Å². The van der Waals surface area contributed by atoms with Crippen molar-refractivity contribution >= 4 is 29.5 Å². The van der Waals surface area contributed by atoms with E-state index in [0.29, 0.717) is 41.4 Å². The van der Waals surface area contributed by atoms with Gasteiger partial charge in [0.2, 0.25) is 0 Å². The first-order chi connectivity index (χ1) is 18.8. The van der Waals surface area contributed by atoms with Gasteiger partial charge in [-0.15, -0.1) is 0 Å². The average Bonchev–Trinajstić information content (AvgIpc) is 2.94. The summed E-state index contributed by atoms with van der Waals surface area (Å²) < 4.78 is 16.7. The van der Waals surface area contributed by atoms with E-state index in [1.807, 2.05) is 68.4 Å². The number of benzene rings is 2. The summed E-state index contributed by atoms with van der Waals surface area (Å²) in [6, 6.07) is 17.3. The number of carbonyl (C=O) groups is 3. The Hall–Kier alpha value is -3.52. The molecule has 3 atom stereocenters. The highest BCUT2D eigenvalue weighted by Crippen LogP contribution is 2.46. The topological polar surface area (TPSA) is 90.9 Å². The minimum absolute atomic E-state index is 0.246. The molecule has 39 heavy (non-hydrogen) atoms. The van der Waals surface area contributed by atoms with E-state index in [-0.39, 0.29) is 18.3 Å². The van der Waals surface area contributed by atoms with Gasteiger partial charge >= 0.3 is 11.9 Å². The van der Waals surface area contributed by atoms with Crippen molar-refractivity contribution in [2.24, 2.45) is 11.8 Å². The number of methoxy groups -OCH3 is 1. The molecule has 2 aromatic carbocycles. The monoisotopic (exact) mass is 549 g/mol. The van der Waals surface area contributed by atoms with Crippen LogP contribution in [0.1, 0.15) is 44.2 Å². The number of dihydropyridines is 1. The number of ketones is 1. The molecule has 0 bridgehead atoms. The predicted molar refractivity (Wildman–Crippen MR) is 151 cm³/mol. The third kappa shape index (κ3) is 6.38. The Morgan fingerprint density at radius 3 is 2.59 bits per heavy atom. The van der Waals surface area contributed by atoms with Gasteiger partial charge in [0.25, 0.3) is 0 Å². The van der Waals surface area contributed by atoms with Crippen molar-refractivity contribution < 1.29 is 28.6 Å². The zero-order chi connectivity index (χ0) is 27.9. The zero-order valence-corrected chi connectivity index (χ0v) is 23.6. The fourth-order valence-electron chi connectivity index (χ4n) is 5.22. The fraction of sp³-hybridized carbons (Fsp3) is 0.387. The van der Waals surface area contributed by atoms with Crippen molar-refractivity contribution in [2.75, 3.05) is 25.2 Å². The van der Waals surface area contributed by atoms with Crippen LogP contribution in [0, 0.1) is 11.8 Å². The normalized spacial score (nSPS) is 20.7. The maximum Gasteiger partial charge on any atom is 0.336 e. The summed E-state index contributed by atoms with van der Waals surface area (Å²) in [6.45, 7) is 6.39. The van der Waals surface area contributed by atoms with E-state index in [1.54, 1.807) is 11.8 Å². The third-order valence-electron chi connectivity index (χ3n) is 7.07. The highest BCUT2D eigenvalue weighted by Gasteiger charge is 2.47. The van der Waals surface area contributed by atoms with Crippen LogP contribution in [-0.2, 0) is 30.5 Å². The van der Waals surface area contributed by atoms with Crippen LogP contribution >= 0.6 is 11.8 Å². The number of carbonyl (C=O) groups excluding carboxylic acids is 3. The summed E-state index contributed by atoms with van der Waals surface area (Å²) in [7, 11) is 1.29. The Labute approximate surface area is 234 Å². The molecule has 2 aromatic rings. The first-order valence-corrected chi connectivity index (χ1v) is 14.4. The van der Waals surface area contributed by atoms with Crippen LogP contribution in [0.3, 0.4) is 0 Å². The number of ether oxygens (including phenoxy) is 3. The highest BCUT2D eigenvalue weighted by atomic mass is 32.2. The number of rotatable bonds is 10. The number of esters is 2. The Balaban J connectivity index is 1.73. The standard InChI is InChI=1S/C31H35NO6S/c1-5-39-15-14-37-31(35)26-20(3)32-24-16-19(2)25(30(34)36-4)29(33)28(24)27(26)22-12-9-13-23(17-22)38-18-21-10-7-6-8-11-21/h6-13,17,19,25,27,32H,5,14-16,18H2,1-4H3/t19-,25+,27-/m1/s1. The highest BCUT2D eigenvalue weighted by molar-refractivity contribution is 7.99. The number of allylic oxidation sites excluding steroid dienone is 3. The van der Waals surface area contributed by atoms with Gasteiger partial charge in [0.1, 0.15) is 24.9 Å². The Kier molecular flexibility index (Phi) is 9.51. The molecular formula is C31H35NO6S. The second kappa shape index (κ2) is 13.0. The third-order valence-corrected chi connectivity index (χ3v) is 7.93. The minimum atomic E-state index is -0.938. The average molecular weight is 550 g/mol. The summed E-state index contributed by atoms with van der Waals surface area (Å²) in [4.78, 5) is 40.0. The smallest absolute Gasteiger partial charge is 0.336 e. The Morgan fingerprint density at radius 1 is 1.10 bits per heavy atom. The van der Waals surface area contributed by atoms with Crippen molar-refractivity contribution in [1.82, 2.24) is 5.32 Å². The van der Waals surface area contributed by atoms with Gasteiger partial charge < -0.3 is 19.5 Å². The first-order valence-electron chi connectivity index (χ1n) is 13.2. The lowest BCUT2D eigenvalue weighted by Crippen LogP contribution is -2.43. The fourth-order valence-corrected chi connectivity index (χ4v) is 5.71. The van der Waals surface area contributed by atoms with E-state index < -0.39 is 23.8 Å². The van der Waals surface area contributed by atoms with Crippen molar-refractivity contribution in [3.63, 3.8) is 0 Å². The van der Waals surface area contributed by atoms with Crippen LogP contribution in [0.15, 0.2) is 77.1 Å². The minimum Gasteiger partial charge on any atom is -0.489 e. The number of Topliss-reactive ketones (excluding diaryl/α,β-unsaturated/α-hetero) is 1. The first kappa shape index (κ1) is 28.5. The molecular weight excluding hydrogens is 514 g/mol. The largest absolute Gasteiger partial charge is 0.489 e. The molecule has 2 aliphatic rings. The second-order valence-electron chi connectivity index (χ2n) is 9.72. The molecule has 0 saturated carbocycles. The van der Waals surface area contributed by atoms with Gasteiger partial charge in [-0.1, -0.05) is 56.3 Å². The van der Waals surface area contributed by atoms with Crippen LogP contribution < -0.4 is 10.1 Å². The summed E-state index contributed by atoms with van der Waals surface area (Å²) in [5, 5.41) is 3.30. The molecule has 0 amide bonds. The predicted octanol–water partition coefficient (Wildman–Crippen LogP) is 5.17. The van der Waals surface area contributed by atoms with Gasteiger partial charge in [-0.2, -0.15) is 11.8 Å². The SMILES string of the molecule is CCSCCOC(=O)C1=C(C)NC2=C(C(=O)[C@@H](C(=O)OC)[C@H](C)C2)[C@@H]1c1cccc(OCc2ccccc2)c1. The summed E-state index contributed by atoms with van der Waals surface area (Å²) in [5.41, 5.74) is 3.88. The molecule has 206 valence electrons. The van der Waals surface area contributed by atoms with E-state index in [9.17, 15) is 14.4 Å². The summed E-state index contributed by atoms with van der Waals surface area (Å²) in [5.74, 6) is -1.04. The molecule has 0 unspecified atom stereocenters. The zero-order valence-electron chi connectivity index (χ0n) is 22.8. The lowest BCUT2D eigenvalue weighted by atomic mass is 9.69. The molecule has 4 rings (SSSR count).